The van der Waals surface area contributed by atoms with Crippen molar-refractivity contribution in [3.8, 4) is 5.75 Å². The molecular formula is C16H18N2O. The molecular weight excluding hydrogens is 236 g/mol. The highest BCUT2D eigenvalue weighted by Crippen LogP contribution is 2.32. The van der Waals surface area contributed by atoms with E-state index in [1.54, 1.807) is 0 Å². The number of anilines is 2. The molecule has 2 aromatic carbocycles. The Morgan fingerprint density at radius 1 is 1.11 bits per heavy atom. The third-order valence-electron chi connectivity index (χ3n) is 3.53. The molecule has 98 valence electrons. The molecule has 0 aliphatic carbocycles. The number of nitrogens with zero attached hydrogens (tertiary/aromatic N) is 1. The number of hydrogen-bond donors (Lipinski definition) is 1. The monoisotopic (exact) mass is 254 g/mol. The van der Waals surface area contributed by atoms with Gasteiger partial charge in [-0.05, 0) is 48.4 Å². The van der Waals surface area contributed by atoms with Crippen molar-refractivity contribution in [2.24, 2.45) is 0 Å². The third kappa shape index (κ3) is 2.24. The summed E-state index contributed by atoms with van der Waals surface area (Å²) in [6, 6.07) is 14.4. The topological polar surface area (TPSA) is 38.5 Å². The van der Waals surface area contributed by atoms with Crippen molar-refractivity contribution in [1.82, 2.24) is 0 Å². The zero-order chi connectivity index (χ0) is 13.2. The van der Waals surface area contributed by atoms with Crippen LogP contribution in [0, 0.1) is 0 Å². The van der Waals surface area contributed by atoms with Crippen molar-refractivity contribution in [3.05, 3.63) is 53.6 Å². The Morgan fingerprint density at radius 2 is 1.89 bits per heavy atom. The maximum absolute atomic E-state index is 6.03. The average molecular weight is 254 g/mol. The van der Waals surface area contributed by atoms with Gasteiger partial charge < -0.3 is 15.4 Å². The second kappa shape index (κ2) is 4.84. The van der Waals surface area contributed by atoms with Crippen LogP contribution in [0.25, 0.3) is 0 Å². The lowest BCUT2D eigenvalue weighted by atomic mass is 10.1. The molecule has 19 heavy (non-hydrogen) atoms. The van der Waals surface area contributed by atoms with E-state index in [1.807, 2.05) is 31.2 Å². The first-order valence-electron chi connectivity index (χ1n) is 6.62. The molecule has 3 heteroatoms. The zero-order valence-corrected chi connectivity index (χ0v) is 11.1. The molecule has 3 nitrogen and oxygen atoms in total. The Labute approximate surface area is 113 Å². The van der Waals surface area contributed by atoms with E-state index in [0.717, 1.165) is 24.5 Å². The SMILES string of the molecule is CCOc1ccc(N2Cc3cccc(N)c3C2)cc1. The fraction of sp³-hybridized carbons (Fsp3) is 0.250. The molecule has 0 amide bonds. The molecule has 0 saturated heterocycles. The minimum Gasteiger partial charge on any atom is -0.494 e. The van der Waals surface area contributed by atoms with E-state index >= 15 is 0 Å². The summed E-state index contributed by atoms with van der Waals surface area (Å²) in [6.07, 6.45) is 0. The van der Waals surface area contributed by atoms with Crippen molar-refractivity contribution in [2.45, 2.75) is 20.0 Å². The molecule has 0 radical (unpaired) electrons. The van der Waals surface area contributed by atoms with Gasteiger partial charge in [0.05, 0.1) is 6.61 Å². The maximum atomic E-state index is 6.03. The molecule has 2 N–H and O–H groups in total. The number of hydrogen-bond acceptors (Lipinski definition) is 3. The van der Waals surface area contributed by atoms with Gasteiger partial charge in [-0.25, -0.2) is 0 Å². The average Bonchev–Trinajstić information content (AvgIpc) is 2.85. The second-order valence-corrected chi connectivity index (χ2v) is 4.77. The molecule has 0 fully saturated rings. The van der Waals surface area contributed by atoms with Gasteiger partial charge in [-0.15, -0.1) is 0 Å². The number of fused-ring (bicyclic) bond motifs is 1. The number of nitrogens with two attached hydrogens (primary N) is 1. The van der Waals surface area contributed by atoms with Gasteiger partial charge in [0.1, 0.15) is 5.75 Å². The van der Waals surface area contributed by atoms with Crippen LogP contribution < -0.4 is 15.4 Å². The van der Waals surface area contributed by atoms with Gasteiger partial charge >= 0.3 is 0 Å². The largest absolute Gasteiger partial charge is 0.494 e. The lowest BCUT2D eigenvalue weighted by Gasteiger charge is -2.18. The highest BCUT2D eigenvalue weighted by Gasteiger charge is 2.20. The van der Waals surface area contributed by atoms with E-state index in [2.05, 4.69) is 23.1 Å². The lowest BCUT2D eigenvalue weighted by molar-refractivity contribution is 0.340. The lowest BCUT2D eigenvalue weighted by Crippen LogP contribution is -2.14. The summed E-state index contributed by atoms with van der Waals surface area (Å²) >= 11 is 0. The van der Waals surface area contributed by atoms with E-state index < -0.39 is 0 Å². The zero-order valence-electron chi connectivity index (χ0n) is 11.1. The fourth-order valence-electron chi connectivity index (χ4n) is 2.55. The first-order valence-corrected chi connectivity index (χ1v) is 6.62. The van der Waals surface area contributed by atoms with Crippen LogP contribution in [-0.2, 0) is 13.1 Å². The minimum absolute atomic E-state index is 0.699. The van der Waals surface area contributed by atoms with Gasteiger partial charge in [-0.2, -0.15) is 0 Å². The highest BCUT2D eigenvalue weighted by atomic mass is 16.5. The van der Waals surface area contributed by atoms with Crippen LogP contribution in [0.5, 0.6) is 5.75 Å². The summed E-state index contributed by atoms with van der Waals surface area (Å²) < 4.78 is 5.47. The molecule has 0 aromatic heterocycles. The molecule has 0 atom stereocenters. The predicted octanol–water partition coefficient (Wildman–Crippen LogP) is 3.19. The Kier molecular flexibility index (Phi) is 3.03. The predicted molar refractivity (Wildman–Crippen MR) is 78.4 cm³/mol. The molecule has 0 unspecified atom stereocenters. The van der Waals surface area contributed by atoms with Gasteiger partial charge in [0.15, 0.2) is 0 Å². The smallest absolute Gasteiger partial charge is 0.119 e. The minimum atomic E-state index is 0.699. The normalized spacial score (nSPS) is 13.4. The van der Waals surface area contributed by atoms with Crippen LogP contribution in [0.2, 0.25) is 0 Å². The number of rotatable bonds is 3. The second-order valence-electron chi connectivity index (χ2n) is 4.77. The Morgan fingerprint density at radius 3 is 2.58 bits per heavy atom. The van der Waals surface area contributed by atoms with E-state index in [-0.39, 0.29) is 0 Å². The van der Waals surface area contributed by atoms with Crippen LogP contribution >= 0.6 is 0 Å². The van der Waals surface area contributed by atoms with Crippen molar-refractivity contribution in [2.75, 3.05) is 17.2 Å². The van der Waals surface area contributed by atoms with Crippen LogP contribution in [0.1, 0.15) is 18.1 Å². The summed E-state index contributed by atoms with van der Waals surface area (Å²) in [5.74, 6) is 0.919. The van der Waals surface area contributed by atoms with E-state index in [4.69, 9.17) is 10.5 Å². The van der Waals surface area contributed by atoms with Crippen molar-refractivity contribution in [1.29, 1.82) is 0 Å². The molecule has 1 aliphatic heterocycles. The maximum Gasteiger partial charge on any atom is 0.119 e. The highest BCUT2D eigenvalue weighted by molar-refractivity contribution is 5.60. The van der Waals surface area contributed by atoms with E-state index in [9.17, 15) is 0 Å². The molecule has 1 aliphatic rings. The first kappa shape index (κ1) is 11.9. The summed E-state index contributed by atoms with van der Waals surface area (Å²) in [4.78, 5) is 2.33. The van der Waals surface area contributed by atoms with Gasteiger partial charge in [0.2, 0.25) is 0 Å². The number of ether oxygens (including phenoxy) is 1. The summed E-state index contributed by atoms with van der Waals surface area (Å²) in [5.41, 5.74) is 10.7. The molecule has 3 rings (SSSR count). The molecule has 2 aromatic rings. The van der Waals surface area contributed by atoms with Crippen LogP contribution in [-0.4, -0.2) is 6.61 Å². The third-order valence-corrected chi connectivity index (χ3v) is 3.53. The first-order chi connectivity index (χ1) is 9.28. The Hall–Kier alpha value is -2.16. The molecule has 0 saturated carbocycles. The number of nitrogen functional groups attached to an aromatic ring is 1. The van der Waals surface area contributed by atoms with Crippen LogP contribution in [0.3, 0.4) is 0 Å². The summed E-state index contributed by atoms with van der Waals surface area (Å²) in [6.45, 7) is 4.50. The standard InChI is InChI=1S/C16H18N2O/c1-2-19-14-8-6-13(7-9-14)18-10-12-4-3-5-16(17)15(12)11-18/h3-9H,2,10-11,17H2,1H3. The van der Waals surface area contributed by atoms with Crippen molar-refractivity contribution in [3.63, 3.8) is 0 Å². The van der Waals surface area contributed by atoms with Gasteiger partial charge in [-0.1, -0.05) is 12.1 Å². The van der Waals surface area contributed by atoms with Crippen molar-refractivity contribution < 1.29 is 4.74 Å². The van der Waals surface area contributed by atoms with Gasteiger partial charge in [0.25, 0.3) is 0 Å². The molecule has 1 heterocycles. The summed E-state index contributed by atoms with van der Waals surface area (Å²) in [5, 5.41) is 0. The van der Waals surface area contributed by atoms with Crippen LogP contribution in [0.15, 0.2) is 42.5 Å². The van der Waals surface area contributed by atoms with Gasteiger partial charge in [0, 0.05) is 24.5 Å². The van der Waals surface area contributed by atoms with Gasteiger partial charge in [-0.3, -0.25) is 0 Å². The molecule has 0 bridgehead atoms. The Bertz CT molecular complexity index is 578. The van der Waals surface area contributed by atoms with E-state index in [0.29, 0.717) is 6.61 Å². The quantitative estimate of drug-likeness (QED) is 0.855. The van der Waals surface area contributed by atoms with Crippen molar-refractivity contribution >= 4 is 11.4 Å². The summed E-state index contributed by atoms with van der Waals surface area (Å²) in [7, 11) is 0. The fourth-order valence-corrected chi connectivity index (χ4v) is 2.55. The van der Waals surface area contributed by atoms with Crippen LogP contribution in [0.4, 0.5) is 11.4 Å². The van der Waals surface area contributed by atoms with E-state index in [1.165, 1.54) is 16.8 Å². The number of benzene rings is 2. The molecule has 0 spiro atoms. The Balaban J connectivity index is 1.81.